The summed E-state index contributed by atoms with van der Waals surface area (Å²) in [6.07, 6.45) is 0. The Morgan fingerprint density at radius 3 is 2.31 bits per heavy atom. The van der Waals surface area contributed by atoms with Crippen LogP contribution in [0.1, 0.15) is 34.3 Å². The average molecular weight is 430 g/mol. The quantitative estimate of drug-likeness (QED) is 0.334. The van der Waals surface area contributed by atoms with Gasteiger partial charge in [0.15, 0.2) is 0 Å². The number of fused-ring (bicyclic) bond motifs is 1. The number of rotatable bonds is 6. The molecule has 3 aromatic carbocycles. The molecule has 0 radical (unpaired) electrons. The molecule has 4 aromatic rings. The fraction of sp³-hybridized carbons (Fsp3) is 0.160. The molecule has 32 heavy (non-hydrogen) atoms. The summed E-state index contributed by atoms with van der Waals surface area (Å²) >= 11 is 0. The first kappa shape index (κ1) is 21.1. The first-order chi connectivity index (χ1) is 15.4. The molecule has 1 aromatic heterocycles. The lowest BCUT2D eigenvalue weighted by Crippen LogP contribution is -2.11. The number of carbonyl (C=O) groups excluding carboxylic acids is 2. The van der Waals surface area contributed by atoms with Gasteiger partial charge < -0.3 is 19.3 Å². The van der Waals surface area contributed by atoms with Crippen LogP contribution in [-0.4, -0.2) is 17.0 Å². The van der Waals surface area contributed by atoms with E-state index in [2.05, 4.69) is 10.5 Å². The van der Waals surface area contributed by atoms with Crippen molar-refractivity contribution in [3.8, 4) is 11.5 Å². The van der Waals surface area contributed by atoms with Crippen molar-refractivity contribution in [2.24, 2.45) is 0 Å². The van der Waals surface area contributed by atoms with Crippen LogP contribution in [0.5, 0.6) is 11.5 Å². The Labute approximate surface area is 184 Å². The number of hydrogen-bond acceptors (Lipinski definition) is 6. The Morgan fingerprint density at radius 1 is 1.00 bits per heavy atom. The van der Waals surface area contributed by atoms with E-state index >= 15 is 0 Å². The summed E-state index contributed by atoms with van der Waals surface area (Å²) in [7, 11) is 0. The molecule has 0 spiro atoms. The Bertz CT molecular complexity index is 1270. The van der Waals surface area contributed by atoms with Gasteiger partial charge in [0.05, 0.1) is 11.3 Å². The topological polar surface area (TPSA) is 90.7 Å². The fourth-order valence-electron chi connectivity index (χ4n) is 3.33. The summed E-state index contributed by atoms with van der Waals surface area (Å²) in [5.74, 6) is 0.715. The molecule has 0 unspecified atom stereocenters. The van der Waals surface area contributed by atoms with E-state index in [1.54, 1.807) is 30.3 Å². The number of amides is 1. The molecular weight excluding hydrogens is 408 g/mol. The summed E-state index contributed by atoms with van der Waals surface area (Å²) < 4.78 is 16.8. The molecule has 4 rings (SSSR count). The molecular formula is C25H22N2O5. The standard InChI is InChI=1S/C25H22N2O5/c1-15-23(16(2)32-27-15)14-30-24-13-19-7-5-4-6-18(19)12-22(24)25(29)31-21-10-8-20(9-11-21)26-17(3)28/h4-13H,14H2,1-3H3,(H,26,28). The van der Waals surface area contributed by atoms with Crippen LogP contribution in [0.25, 0.3) is 10.8 Å². The molecule has 7 heteroatoms. The van der Waals surface area contributed by atoms with Crippen molar-refractivity contribution in [2.75, 3.05) is 5.32 Å². The maximum Gasteiger partial charge on any atom is 0.347 e. The molecule has 0 aliphatic carbocycles. The molecule has 0 bridgehead atoms. The third kappa shape index (κ3) is 4.62. The lowest BCUT2D eigenvalue weighted by atomic mass is 10.1. The molecule has 0 aliphatic rings. The van der Waals surface area contributed by atoms with Gasteiger partial charge in [-0.3, -0.25) is 4.79 Å². The van der Waals surface area contributed by atoms with Crippen molar-refractivity contribution in [2.45, 2.75) is 27.4 Å². The molecule has 0 aliphatic heterocycles. The van der Waals surface area contributed by atoms with E-state index in [0.717, 1.165) is 22.0 Å². The molecule has 1 N–H and O–H groups in total. The first-order valence-corrected chi connectivity index (χ1v) is 10.1. The molecule has 162 valence electrons. The van der Waals surface area contributed by atoms with Gasteiger partial charge in [-0.25, -0.2) is 4.79 Å². The Morgan fingerprint density at radius 2 is 1.69 bits per heavy atom. The number of aryl methyl sites for hydroxylation is 2. The predicted octanol–water partition coefficient (Wildman–Crippen LogP) is 5.20. The van der Waals surface area contributed by atoms with Crippen molar-refractivity contribution >= 4 is 28.3 Å². The van der Waals surface area contributed by atoms with Crippen molar-refractivity contribution in [1.82, 2.24) is 5.16 Å². The van der Waals surface area contributed by atoms with Crippen molar-refractivity contribution in [1.29, 1.82) is 0 Å². The van der Waals surface area contributed by atoms with Crippen LogP contribution in [0.3, 0.4) is 0 Å². The predicted molar refractivity (Wildman–Crippen MR) is 120 cm³/mol. The SMILES string of the molecule is CC(=O)Nc1ccc(OC(=O)c2cc3ccccc3cc2OCc2c(C)noc2C)cc1. The minimum atomic E-state index is -0.545. The Kier molecular flexibility index (Phi) is 5.89. The van der Waals surface area contributed by atoms with Crippen LogP contribution in [0, 0.1) is 13.8 Å². The van der Waals surface area contributed by atoms with Crippen LogP contribution < -0.4 is 14.8 Å². The van der Waals surface area contributed by atoms with Gasteiger partial charge in [-0.1, -0.05) is 29.4 Å². The first-order valence-electron chi connectivity index (χ1n) is 10.1. The lowest BCUT2D eigenvalue weighted by Gasteiger charge is -2.13. The molecule has 0 atom stereocenters. The number of esters is 1. The monoisotopic (exact) mass is 430 g/mol. The van der Waals surface area contributed by atoms with Crippen LogP contribution in [-0.2, 0) is 11.4 Å². The average Bonchev–Trinajstić information content (AvgIpc) is 3.09. The van der Waals surface area contributed by atoms with Crippen LogP contribution in [0.2, 0.25) is 0 Å². The number of ether oxygens (including phenoxy) is 2. The van der Waals surface area contributed by atoms with Gasteiger partial charge in [0.25, 0.3) is 0 Å². The number of nitrogens with one attached hydrogen (secondary N) is 1. The maximum atomic E-state index is 13.0. The van der Waals surface area contributed by atoms with Gasteiger partial charge in [0.1, 0.15) is 29.4 Å². The van der Waals surface area contributed by atoms with E-state index in [0.29, 0.717) is 28.5 Å². The zero-order chi connectivity index (χ0) is 22.7. The van der Waals surface area contributed by atoms with E-state index in [9.17, 15) is 9.59 Å². The van der Waals surface area contributed by atoms with Crippen molar-refractivity contribution in [3.63, 3.8) is 0 Å². The highest BCUT2D eigenvalue weighted by atomic mass is 16.5. The lowest BCUT2D eigenvalue weighted by molar-refractivity contribution is -0.114. The van der Waals surface area contributed by atoms with Gasteiger partial charge in [-0.15, -0.1) is 0 Å². The highest BCUT2D eigenvalue weighted by Crippen LogP contribution is 2.29. The Hall–Kier alpha value is -4.13. The van der Waals surface area contributed by atoms with E-state index in [1.165, 1.54) is 6.92 Å². The number of nitrogens with zero attached hydrogens (tertiary/aromatic N) is 1. The van der Waals surface area contributed by atoms with Gasteiger partial charge in [0.2, 0.25) is 5.91 Å². The zero-order valence-electron chi connectivity index (χ0n) is 18.0. The highest BCUT2D eigenvalue weighted by molar-refractivity contribution is 5.99. The summed E-state index contributed by atoms with van der Waals surface area (Å²) in [5, 5.41) is 8.45. The van der Waals surface area contributed by atoms with Crippen molar-refractivity contribution < 1.29 is 23.6 Å². The zero-order valence-corrected chi connectivity index (χ0v) is 18.0. The normalized spacial score (nSPS) is 10.7. The third-order valence-electron chi connectivity index (χ3n) is 5.01. The summed E-state index contributed by atoms with van der Waals surface area (Å²) in [5.41, 5.74) is 2.51. The molecule has 1 heterocycles. The molecule has 0 saturated heterocycles. The third-order valence-corrected chi connectivity index (χ3v) is 5.01. The second-order valence-corrected chi connectivity index (χ2v) is 7.38. The molecule has 7 nitrogen and oxygen atoms in total. The number of aromatic nitrogens is 1. The smallest absolute Gasteiger partial charge is 0.347 e. The molecule has 0 saturated carbocycles. The minimum absolute atomic E-state index is 0.175. The van der Waals surface area contributed by atoms with Gasteiger partial charge in [-0.05, 0) is 61.0 Å². The van der Waals surface area contributed by atoms with E-state index in [4.69, 9.17) is 14.0 Å². The van der Waals surface area contributed by atoms with Crippen molar-refractivity contribution in [3.05, 3.63) is 83.2 Å². The van der Waals surface area contributed by atoms with Gasteiger partial charge in [0, 0.05) is 12.6 Å². The van der Waals surface area contributed by atoms with Gasteiger partial charge in [-0.2, -0.15) is 0 Å². The Balaban J connectivity index is 1.61. The van der Waals surface area contributed by atoms with Crippen LogP contribution in [0.15, 0.2) is 65.2 Å². The largest absolute Gasteiger partial charge is 0.488 e. The molecule has 1 amide bonds. The second-order valence-electron chi connectivity index (χ2n) is 7.38. The van der Waals surface area contributed by atoms with Crippen LogP contribution in [0.4, 0.5) is 5.69 Å². The van der Waals surface area contributed by atoms with E-state index in [-0.39, 0.29) is 12.5 Å². The summed E-state index contributed by atoms with van der Waals surface area (Å²) in [4.78, 5) is 24.2. The maximum absolute atomic E-state index is 13.0. The number of anilines is 1. The number of benzene rings is 3. The van der Waals surface area contributed by atoms with E-state index in [1.807, 2.05) is 44.2 Å². The fourth-order valence-corrected chi connectivity index (χ4v) is 3.33. The molecule has 0 fully saturated rings. The van der Waals surface area contributed by atoms with Gasteiger partial charge >= 0.3 is 5.97 Å². The summed E-state index contributed by atoms with van der Waals surface area (Å²) in [6.45, 7) is 5.30. The minimum Gasteiger partial charge on any atom is -0.488 e. The number of hydrogen-bond donors (Lipinski definition) is 1. The highest BCUT2D eigenvalue weighted by Gasteiger charge is 2.18. The summed E-state index contributed by atoms with van der Waals surface area (Å²) in [6, 6.07) is 17.9. The second kappa shape index (κ2) is 8.93. The van der Waals surface area contributed by atoms with E-state index < -0.39 is 5.97 Å². The number of carbonyl (C=O) groups is 2. The van der Waals surface area contributed by atoms with Crippen LogP contribution >= 0.6 is 0 Å².